The summed E-state index contributed by atoms with van der Waals surface area (Å²) >= 11 is 17.4. The summed E-state index contributed by atoms with van der Waals surface area (Å²) in [5.74, 6) is 2.00. The molecule has 9 heteroatoms. The Kier molecular flexibility index (Phi) is 6.26. The lowest BCUT2D eigenvalue weighted by Crippen LogP contribution is -2.16. The normalized spacial score (nSPS) is 10.7. The van der Waals surface area contributed by atoms with Crippen molar-refractivity contribution in [1.29, 1.82) is 0 Å². The van der Waals surface area contributed by atoms with Crippen molar-refractivity contribution in [2.75, 3.05) is 12.5 Å². The molecule has 1 heterocycles. The molecule has 0 atom stereocenters. The zero-order valence-corrected chi connectivity index (χ0v) is 17.1. The SMILES string of the molecule is COc1cccc(CNn2c(C)n[nH]c2=S)c1OCc1ccc(Cl)cc1Cl. The number of ether oxygens (including phenoxy) is 2. The van der Waals surface area contributed by atoms with Gasteiger partial charge in [-0.2, -0.15) is 5.10 Å². The van der Waals surface area contributed by atoms with Gasteiger partial charge in [0.05, 0.1) is 13.7 Å². The van der Waals surface area contributed by atoms with Gasteiger partial charge in [0.1, 0.15) is 12.4 Å². The Morgan fingerprint density at radius 3 is 2.70 bits per heavy atom. The molecule has 0 bridgehead atoms. The minimum absolute atomic E-state index is 0.285. The maximum atomic E-state index is 6.24. The molecule has 2 N–H and O–H groups in total. The predicted molar refractivity (Wildman–Crippen MR) is 109 cm³/mol. The van der Waals surface area contributed by atoms with Crippen LogP contribution in [0.5, 0.6) is 11.5 Å². The largest absolute Gasteiger partial charge is 0.493 e. The summed E-state index contributed by atoms with van der Waals surface area (Å²) in [5.41, 5.74) is 4.96. The van der Waals surface area contributed by atoms with Crippen LogP contribution < -0.4 is 14.9 Å². The molecule has 0 aliphatic heterocycles. The van der Waals surface area contributed by atoms with Crippen molar-refractivity contribution in [2.24, 2.45) is 0 Å². The Hall–Kier alpha value is -2.22. The van der Waals surface area contributed by atoms with Gasteiger partial charge in [-0.3, -0.25) is 5.10 Å². The van der Waals surface area contributed by atoms with E-state index in [1.807, 2.05) is 31.2 Å². The molecule has 0 spiro atoms. The Morgan fingerprint density at radius 1 is 1.22 bits per heavy atom. The van der Waals surface area contributed by atoms with Crippen molar-refractivity contribution in [3.63, 3.8) is 0 Å². The molecule has 1 aromatic heterocycles. The lowest BCUT2D eigenvalue weighted by molar-refractivity contribution is 0.281. The van der Waals surface area contributed by atoms with E-state index in [1.165, 1.54) is 0 Å². The number of H-pyrrole nitrogens is 1. The lowest BCUT2D eigenvalue weighted by atomic mass is 10.2. The second kappa shape index (κ2) is 8.65. The van der Waals surface area contributed by atoms with E-state index in [1.54, 1.807) is 23.9 Å². The topological polar surface area (TPSA) is 64.1 Å². The van der Waals surface area contributed by atoms with Crippen LogP contribution in [-0.4, -0.2) is 22.0 Å². The number of rotatable bonds is 7. The highest BCUT2D eigenvalue weighted by Crippen LogP contribution is 2.33. The molecule has 0 saturated carbocycles. The molecule has 0 aliphatic rings. The van der Waals surface area contributed by atoms with Gasteiger partial charge in [-0.25, -0.2) is 4.68 Å². The van der Waals surface area contributed by atoms with Crippen molar-refractivity contribution in [2.45, 2.75) is 20.1 Å². The molecule has 3 rings (SSSR count). The maximum Gasteiger partial charge on any atom is 0.214 e. The van der Waals surface area contributed by atoms with Crippen LogP contribution in [-0.2, 0) is 13.2 Å². The van der Waals surface area contributed by atoms with Crippen molar-refractivity contribution in [1.82, 2.24) is 14.9 Å². The Morgan fingerprint density at radius 2 is 2.04 bits per heavy atom. The van der Waals surface area contributed by atoms with Crippen molar-refractivity contribution in [3.05, 3.63) is 68.2 Å². The Balaban J connectivity index is 1.82. The molecule has 3 aromatic rings. The van der Waals surface area contributed by atoms with Gasteiger partial charge < -0.3 is 14.9 Å². The number of aromatic nitrogens is 3. The molecule has 6 nitrogen and oxygen atoms in total. The summed E-state index contributed by atoms with van der Waals surface area (Å²) < 4.78 is 13.7. The summed E-state index contributed by atoms with van der Waals surface area (Å²) in [5, 5.41) is 7.95. The van der Waals surface area contributed by atoms with E-state index >= 15 is 0 Å². The first-order chi connectivity index (χ1) is 13.0. The molecule has 0 unspecified atom stereocenters. The number of hydrogen-bond donors (Lipinski definition) is 2. The molecule has 0 saturated heterocycles. The molecule has 0 aliphatic carbocycles. The van der Waals surface area contributed by atoms with Gasteiger partial charge >= 0.3 is 0 Å². The number of hydrogen-bond acceptors (Lipinski definition) is 5. The van der Waals surface area contributed by atoms with E-state index in [-0.39, 0.29) is 6.61 Å². The molecule has 0 fully saturated rings. The Labute approximate surface area is 172 Å². The highest BCUT2D eigenvalue weighted by Gasteiger charge is 2.13. The highest BCUT2D eigenvalue weighted by molar-refractivity contribution is 7.71. The average molecular weight is 425 g/mol. The lowest BCUT2D eigenvalue weighted by Gasteiger charge is -2.17. The number of methoxy groups -OCH3 is 1. The fourth-order valence-electron chi connectivity index (χ4n) is 2.54. The number of para-hydroxylation sites is 1. The maximum absolute atomic E-state index is 6.24. The van der Waals surface area contributed by atoms with E-state index in [0.717, 1.165) is 17.0 Å². The van der Waals surface area contributed by atoms with E-state index in [0.29, 0.717) is 32.9 Å². The number of aryl methyl sites for hydroxylation is 1. The van der Waals surface area contributed by atoms with Crippen LogP contribution in [0, 0.1) is 11.7 Å². The van der Waals surface area contributed by atoms with Crippen molar-refractivity contribution >= 4 is 35.4 Å². The minimum atomic E-state index is 0.285. The van der Waals surface area contributed by atoms with Crippen LogP contribution in [0.3, 0.4) is 0 Å². The van der Waals surface area contributed by atoms with Crippen LogP contribution >= 0.6 is 35.4 Å². The minimum Gasteiger partial charge on any atom is -0.493 e. The van der Waals surface area contributed by atoms with Gasteiger partial charge in [-0.05, 0) is 37.3 Å². The zero-order valence-electron chi connectivity index (χ0n) is 14.8. The number of nitrogens with one attached hydrogen (secondary N) is 2. The van der Waals surface area contributed by atoms with Crippen molar-refractivity contribution < 1.29 is 9.47 Å². The monoisotopic (exact) mass is 424 g/mol. The molecule has 2 aromatic carbocycles. The smallest absolute Gasteiger partial charge is 0.214 e. The first-order valence-electron chi connectivity index (χ1n) is 8.10. The fraction of sp³-hybridized carbons (Fsp3) is 0.222. The van der Waals surface area contributed by atoms with E-state index in [4.69, 9.17) is 44.9 Å². The molecule has 0 amide bonds. The third kappa shape index (κ3) is 4.55. The second-order valence-electron chi connectivity index (χ2n) is 5.72. The summed E-state index contributed by atoms with van der Waals surface area (Å²) in [7, 11) is 1.60. The summed E-state index contributed by atoms with van der Waals surface area (Å²) in [6, 6.07) is 11.0. The predicted octanol–water partition coefficient (Wildman–Crippen LogP) is 4.89. The van der Waals surface area contributed by atoms with Crippen LogP contribution in [0.2, 0.25) is 10.0 Å². The van der Waals surface area contributed by atoms with Gasteiger partial charge in [0.15, 0.2) is 11.5 Å². The van der Waals surface area contributed by atoms with Gasteiger partial charge in [0.25, 0.3) is 0 Å². The first kappa shape index (κ1) is 19.5. The Bertz CT molecular complexity index is 1000. The standard InChI is InChI=1S/C18H18Cl2N4O2S/c1-11-22-23-18(27)24(11)21-9-12-4-3-5-16(25-2)17(12)26-10-13-6-7-14(19)8-15(13)20/h3-8,21H,9-10H2,1-2H3,(H,23,27). The van der Waals surface area contributed by atoms with Gasteiger partial charge in [0, 0.05) is 21.2 Å². The van der Waals surface area contributed by atoms with Crippen LogP contribution in [0.1, 0.15) is 17.0 Å². The zero-order chi connectivity index (χ0) is 19.4. The fourth-order valence-corrected chi connectivity index (χ4v) is 3.25. The van der Waals surface area contributed by atoms with Crippen LogP contribution in [0.4, 0.5) is 0 Å². The number of aromatic amines is 1. The first-order valence-corrected chi connectivity index (χ1v) is 9.26. The van der Waals surface area contributed by atoms with Gasteiger partial charge in [-0.1, -0.05) is 41.4 Å². The van der Waals surface area contributed by atoms with Crippen molar-refractivity contribution in [3.8, 4) is 11.5 Å². The van der Waals surface area contributed by atoms with E-state index < -0.39 is 0 Å². The van der Waals surface area contributed by atoms with Crippen LogP contribution in [0.25, 0.3) is 0 Å². The molecule has 0 radical (unpaired) electrons. The molecular weight excluding hydrogens is 407 g/mol. The van der Waals surface area contributed by atoms with Crippen LogP contribution in [0.15, 0.2) is 36.4 Å². The summed E-state index contributed by atoms with van der Waals surface area (Å²) in [4.78, 5) is 0. The summed E-state index contributed by atoms with van der Waals surface area (Å²) in [6.45, 7) is 2.61. The quantitative estimate of drug-likeness (QED) is 0.528. The van der Waals surface area contributed by atoms with Gasteiger partial charge in [0.2, 0.25) is 4.77 Å². The number of nitrogens with zero attached hydrogens (tertiary/aromatic N) is 2. The third-order valence-corrected chi connectivity index (χ3v) is 4.80. The second-order valence-corrected chi connectivity index (χ2v) is 6.95. The number of halogens is 2. The highest BCUT2D eigenvalue weighted by atomic mass is 35.5. The average Bonchev–Trinajstić information content (AvgIpc) is 2.97. The van der Waals surface area contributed by atoms with Gasteiger partial charge in [-0.15, -0.1) is 0 Å². The number of benzene rings is 2. The summed E-state index contributed by atoms with van der Waals surface area (Å²) in [6.07, 6.45) is 0. The molecule has 142 valence electrons. The molecular formula is C18H18Cl2N4O2S. The molecule has 27 heavy (non-hydrogen) atoms. The third-order valence-electron chi connectivity index (χ3n) is 3.94. The van der Waals surface area contributed by atoms with E-state index in [2.05, 4.69) is 15.6 Å². The van der Waals surface area contributed by atoms with E-state index in [9.17, 15) is 0 Å².